The molecule has 0 aromatic heterocycles. The molecule has 0 saturated carbocycles. The lowest BCUT2D eigenvalue weighted by molar-refractivity contribution is -0.113. The highest BCUT2D eigenvalue weighted by Crippen LogP contribution is 2.18. The predicted octanol–water partition coefficient (Wildman–Crippen LogP) is 1.63. The molecular weight excluding hydrogens is 200 g/mol. The number of amides is 1. The van der Waals surface area contributed by atoms with E-state index in [-0.39, 0.29) is 11.8 Å². The van der Waals surface area contributed by atoms with Crippen molar-refractivity contribution in [3.8, 4) is 0 Å². The van der Waals surface area contributed by atoms with E-state index in [1.807, 2.05) is 25.1 Å². The number of alkyl halides is 1. The molecule has 76 valence electrons. The zero-order valence-electron chi connectivity index (χ0n) is 8.01. The number of carbonyl (C=O) groups excluding carboxylic acids is 1. The summed E-state index contributed by atoms with van der Waals surface area (Å²) < 4.78 is 0. The summed E-state index contributed by atoms with van der Waals surface area (Å²) >= 11 is 5.39. The molecule has 4 heteroatoms. The number of hydrogen-bond acceptors (Lipinski definition) is 2. The Labute approximate surface area is 88.2 Å². The minimum atomic E-state index is -0.205. The summed E-state index contributed by atoms with van der Waals surface area (Å²) in [5, 5.41) is 2.71. The molecule has 14 heavy (non-hydrogen) atoms. The predicted molar refractivity (Wildman–Crippen MR) is 58.4 cm³/mol. The lowest BCUT2D eigenvalue weighted by atomic mass is 10.1. The Balaban J connectivity index is 2.92. The minimum Gasteiger partial charge on any atom is -0.326 e. The average Bonchev–Trinajstić information content (AvgIpc) is 2.21. The summed E-state index contributed by atoms with van der Waals surface area (Å²) in [6.45, 7) is 2.39. The Hall–Kier alpha value is -1.06. The molecule has 0 fully saturated rings. The zero-order valence-corrected chi connectivity index (χ0v) is 8.77. The van der Waals surface area contributed by atoms with Gasteiger partial charge in [0.15, 0.2) is 0 Å². The first-order valence-corrected chi connectivity index (χ1v) is 4.87. The Bertz CT molecular complexity index is 339. The second-order valence-corrected chi connectivity index (χ2v) is 3.24. The first kappa shape index (κ1) is 11.0. The van der Waals surface area contributed by atoms with Crippen LogP contribution in [-0.4, -0.2) is 11.8 Å². The second kappa shape index (κ2) is 4.98. The third kappa shape index (κ3) is 2.47. The number of rotatable bonds is 3. The van der Waals surface area contributed by atoms with E-state index in [9.17, 15) is 4.79 Å². The maximum atomic E-state index is 11.1. The van der Waals surface area contributed by atoms with E-state index < -0.39 is 0 Å². The molecule has 3 nitrogen and oxygen atoms in total. The highest BCUT2D eigenvalue weighted by atomic mass is 35.5. The third-order valence-electron chi connectivity index (χ3n) is 2.06. The van der Waals surface area contributed by atoms with Gasteiger partial charge in [-0.25, -0.2) is 0 Å². The van der Waals surface area contributed by atoms with Crippen LogP contribution in [0.25, 0.3) is 0 Å². The quantitative estimate of drug-likeness (QED) is 0.749. The molecule has 0 unspecified atom stereocenters. The van der Waals surface area contributed by atoms with Crippen LogP contribution in [0.4, 0.5) is 5.69 Å². The number of nitrogens with one attached hydrogen (secondary N) is 1. The van der Waals surface area contributed by atoms with E-state index in [4.69, 9.17) is 17.3 Å². The summed E-state index contributed by atoms with van der Waals surface area (Å²) in [6.07, 6.45) is 0. The Kier molecular flexibility index (Phi) is 3.92. The molecule has 0 bridgehead atoms. The van der Waals surface area contributed by atoms with Crippen molar-refractivity contribution in [1.29, 1.82) is 0 Å². The molecule has 1 rings (SSSR count). The number of benzene rings is 1. The summed E-state index contributed by atoms with van der Waals surface area (Å²) in [5.74, 6) is -0.240. The van der Waals surface area contributed by atoms with E-state index in [0.717, 1.165) is 16.8 Å². The van der Waals surface area contributed by atoms with Crippen LogP contribution in [0, 0.1) is 6.92 Å². The van der Waals surface area contributed by atoms with Crippen molar-refractivity contribution in [2.75, 3.05) is 11.2 Å². The van der Waals surface area contributed by atoms with Gasteiger partial charge in [0.2, 0.25) is 5.91 Å². The van der Waals surface area contributed by atoms with Crippen LogP contribution in [0.1, 0.15) is 11.1 Å². The van der Waals surface area contributed by atoms with Crippen LogP contribution < -0.4 is 11.1 Å². The van der Waals surface area contributed by atoms with Gasteiger partial charge >= 0.3 is 0 Å². The van der Waals surface area contributed by atoms with E-state index in [0.29, 0.717) is 6.54 Å². The molecule has 0 heterocycles. The summed E-state index contributed by atoms with van der Waals surface area (Å²) in [6, 6.07) is 5.63. The number of halogens is 1. The fourth-order valence-corrected chi connectivity index (χ4v) is 1.29. The fraction of sp³-hybridized carbons (Fsp3) is 0.300. The van der Waals surface area contributed by atoms with Gasteiger partial charge in [0.25, 0.3) is 0 Å². The van der Waals surface area contributed by atoms with E-state index in [1.54, 1.807) is 0 Å². The van der Waals surface area contributed by atoms with Crippen molar-refractivity contribution >= 4 is 23.2 Å². The van der Waals surface area contributed by atoms with Crippen molar-refractivity contribution in [1.82, 2.24) is 0 Å². The van der Waals surface area contributed by atoms with E-state index in [1.165, 1.54) is 0 Å². The van der Waals surface area contributed by atoms with Gasteiger partial charge in [0, 0.05) is 12.2 Å². The first-order valence-electron chi connectivity index (χ1n) is 4.33. The molecule has 3 N–H and O–H groups in total. The van der Waals surface area contributed by atoms with Crippen LogP contribution in [0.2, 0.25) is 0 Å². The minimum absolute atomic E-state index is 0.0354. The van der Waals surface area contributed by atoms with E-state index in [2.05, 4.69) is 5.32 Å². The van der Waals surface area contributed by atoms with Gasteiger partial charge in [0.1, 0.15) is 5.88 Å². The van der Waals surface area contributed by atoms with Gasteiger partial charge in [-0.05, 0) is 24.1 Å². The van der Waals surface area contributed by atoms with Gasteiger partial charge in [-0.1, -0.05) is 12.1 Å². The largest absolute Gasteiger partial charge is 0.326 e. The van der Waals surface area contributed by atoms with Gasteiger partial charge < -0.3 is 11.1 Å². The van der Waals surface area contributed by atoms with Crippen LogP contribution in [-0.2, 0) is 11.3 Å². The number of carbonyl (C=O) groups is 1. The lowest BCUT2D eigenvalue weighted by Gasteiger charge is -2.10. The molecule has 0 aliphatic carbocycles. The second-order valence-electron chi connectivity index (χ2n) is 2.98. The lowest BCUT2D eigenvalue weighted by Crippen LogP contribution is -2.14. The maximum absolute atomic E-state index is 11.1. The monoisotopic (exact) mass is 212 g/mol. The average molecular weight is 213 g/mol. The van der Waals surface area contributed by atoms with Crippen molar-refractivity contribution in [2.45, 2.75) is 13.5 Å². The van der Waals surface area contributed by atoms with Crippen LogP contribution in [0.5, 0.6) is 0 Å². The fourth-order valence-electron chi connectivity index (χ4n) is 1.22. The molecule has 0 aliphatic rings. The first-order chi connectivity index (χ1) is 6.69. The van der Waals surface area contributed by atoms with Crippen molar-refractivity contribution in [3.63, 3.8) is 0 Å². The molecular formula is C10H13ClN2O. The van der Waals surface area contributed by atoms with Crippen LogP contribution >= 0.6 is 11.6 Å². The van der Waals surface area contributed by atoms with Crippen LogP contribution in [0.3, 0.4) is 0 Å². The van der Waals surface area contributed by atoms with Gasteiger partial charge in [0.05, 0.1) is 0 Å². The van der Waals surface area contributed by atoms with E-state index >= 15 is 0 Å². The molecule has 1 aromatic carbocycles. The highest BCUT2D eigenvalue weighted by Gasteiger charge is 2.05. The summed E-state index contributed by atoms with van der Waals surface area (Å²) in [5.41, 5.74) is 8.34. The van der Waals surface area contributed by atoms with Crippen molar-refractivity contribution in [3.05, 3.63) is 29.3 Å². The standard InChI is InChI=1S/C10H13ClN2O/c1-7-8(6-12)3-2-4-9(7)13-10(14)5-11/h2-4H,5-6,12H2,1H3,(H,13,14). The van der Waals surface area contributed by atoms with Crippen molar-refractivity contribution in [2.24, 2.45) is 5.73 Å². The van der Waals surface area contributed by atoms with Crippen molar-refractivity contribution < 1.29 is 4.79 Å². The molecule has 0 spiro atoms. The smallest absolute Gasteiger partial charge is 0.239 e. The molecule has 1 aromatic rings. The third-order valence-corrected chi connectivity index (χ3v) is 2.30. The Morgan fingerprint density at radius 3 is 2.86 bits per heavy atom. The number of hydrogen-bond donors (Lipinski definition) is 2. The van der Waals surface area contributed by atoms with Gasteiger partial charge in [-0.15, -0.1) is 11.6 Å². The molecule has 0 radical (unpaired) electrons. The zero-order chi connectivity index (χ0) is 10.6. The molecule has 0 saturated heterocycles. The topological polar surface area (TPSA) is 55.1 Å². The normalized spacial score (nSPS) is 9.93. The number of anilines is 1. The number of nitrogens with two attached hydrogens (primary N) is 1. The molecule has 0 atom stereocenters. The Morgan fingerprint density at radius 2 is 2.29 bits per heavy atom. The Morgan fingerprint density at radius 1 is 1.57 bits per heavy atom. The maximum Gasteiger partial charge on any atom is 0.239 e. The molecule has 1 amide bonds. The van der Waals surface area contributed by atoms with Crippen LogP contribution in [0.15, 0.2) is 18.2 Å². The molecule has 0 aliphatic heterocycles. The SMILES string of the molecule is Cc1c(CN)cccc1NC(=O)CCl. The van der Waals surface area contributed by atoms with Gasteiger partial charge in [-0.3, -0.25) is 4.79 Å². The summed E-state index contributed by atoms with van der Waals surface area (Å²) in [4.78, 5) is 11.1. The summed E-state index contributed by atoms with van der Waals surface area (Å²) in [7, 11) is 0. The van der Waals surface area contributed by atoms with Gasteiger partial charge in [-0.2, -0.15) is 0 Å². The highest BCUT2D eigenvalue weighted by molar-refractivity contribution is 6.29.